The van der Waals surface area contributed by atoms with Crippen LogP contribution < -0.4 is 20.3 Å². The molecule has 0 spiro atoms. The van der Waals surface area contributed by atoms with Gasteiger partial charge in [-0.2, -0.15) is 0 Å². The van der Waals surface area contributed by atoms with Crippen LogP contribution in [-0.4, -0.2) is 45.4 Å². The fourth-order valence-electron chi connectivity index (χ4n) is 2.09. The van der Waals surface area contributed by atoms with E-state index in [1.165, 1.54) is 0 Å². The predicted octanol–water partition coefficient (Wildman–Crippen LogP) is 2.49. The Balaban J connectivity index is 1.91. The number of amides is 2. The summed E-state index contributed by atoms with van der Waals surface area (Å²) < 4.78 is 10.6. The normalized spacial score (nSPS) is 10.2. The second-order valence-corrected chi connectivity index (χ2v) is 5.56. The molecule has 0 atom stereocenters. The smallest absolute Gasteiger partial charge is 0.319 e. The molecule has 2 aromatic rings. The van der Waals surface area contributed by atoms with E-state index in [1.807, 2.05) is 43.3 Å². The van der Waals surface area contributed by atoms with Crippen LogP contribution in [0.2, 0.25) is 0 Å². The number of carbonyl (C=O) groups excluding carboxylic acids is 1. The third-order valence-corrected chi connectivity index (χ3v) is 3.40. The number of pyridine rings is 1. The Morgan fingerprint density at radius 1 is 1.20 bits per heavy atom. The molecule has 0 bridgehead atoms. The van der Waals surface area contributed by atoms with Gasteiger partial charge in [-0.3, -0.25) is 0 Å². The summed E-state index contributed by atoms with van der Waals surface area (Å²) in [4.78, 5) is 18.3. The lowest BCUT2D eigenvalue weighted by atomic mass is 10.2. The van der Waals surface area contributed by atoms with Crippen LogP contribution in [0.25, 0.3) is 0 Å². The number of aromatic nitrogens is 1. The highest BCUT2D eigenvalue weighted by Gasteiger charge is 2.08. The van der Waals surface area contributed by atoms with E-state index in [9.17, 15) is 4.79 Å². The van der Waals surface area contributed by atoms with Gasteiger partial charge in [0.15, 0.2) is 0 Å². The van der Waals surface area contributed by atoms with Crippen LogP contribution in [0.5, 0.6) is 5.75 Å². The molecule has 1 heterocycles. The maximum atomic E-state index is 12.2. The minimum atomic E-state index is -0.300. The molecule has 25 heavy (non-hydrogen) atoms. The van der Waals surface area contributed by atoms with Gasteiger partial charge in [-0.05, 0) is 29.8 Å². The Kier molecular flexibility index (Phi) is 7.03. The van der Waals surface area contributed by atoms with Gasteiger partial charge in [0.05, 0.1) is 12.3 Å². The van der Waals surface area contributed by atoms with Gasteiger partial charge in [0.25, 0.3) is 0 Å². The van der Waals surface area contributed by atoms with E-state index in [-0.39, 0.29) is 6.03 Å². The summed E-state index contributed by atoms with van der Waals surface area (Å²) in [5.41, 5.74) is 1.58. The zero-order chi connectivity index (χ0) is 18.1. The number of rotatable bonds is 8. The highest BCUT2D eigenvalue weighted by atomic mass is 16.5. The monoisotopic (exact) mass is 344 g/mol. The maximum absolute atomic E-state index is 12.2. The average Bonchev–Trinajstić information content (AvgIpc) is 2.62. The first-order chi connectivity index (χ1) is 12.1. The van der Waals surface area contributed by atoms with E-state index in [0.29, 0.717) is 31.2 Å². The van der Waals surface area contributed by atoms with E-state index >= 15 is 0 Å². The molecular formula is C18H24N4O3. The fourth-order valence-corrected chi connectivity index (χ4v) is 2.09. The standard InChI is InChI=1S/C18H24N4O3/c1-22(2)17-12-14(8-9-19-17)13-20-18(23)21-15-6-4-5-7-16(15)25-11-10-24-3/h4-9,12H,10-11,13H2,1-3H3,(H2,20,21,23). The second kappa shape index (κ2) is 9.48. The first-order valence-corrected chi connectivity index (χ1v) is 7.98. The number of benzene rings is 1. The Hall–Kier alpha value is -2.80. The molecule has 0 saturated heterocycles. The van der Waals surface area contributed by atoms with Crippen LogP contribution in [0, 0.1) is 0 Å². The van der Waals surface area contributed by atoms with E-state index in [4.69, 9.17) is 9.47 Å². The van der Waals surface area contributed by atoms with E-state index in [1.54, 1.807) is 25.4 Å². The number of ether oxygens (including phenoxy) is 2. The number of carbonyl (C=O) groups is 1. The zero-order valence-corrected chi connectivity index (χ0v) is 14.8. The molecular weight excluding hydrogens is 320 g/mol. The van der Waals surface area contributed by atoms with Crippen molar-refractivity contribution in [3.63, 3.8) is 0 Å². The number of hydrogen-bond donors (Lipinski definition) is 2. The van der Waals surface area contributed by atoms with Gasteiger partial charge in [0.1, 0.15) is 18.2 Å². The summed E-state index contributed by atoms with van der Waals surface area (Å²) in [6.45, 7) is 1.31. The van der Waals surface area contributed by atoms with Crippen molar-refractivity contribution in [1.29, 1.82) is 0 Å². The molecule has 0 unspecified atom stereocenters. The van der Waals surface area contributed by atoms with E-state index < -0.39 is 0 Å². The SMILES string of the molecule is COCCOc1ccccc1NC(=O)NCc1ccnc(N(C)C)c1. The summed E-state index contributed by atoms with van der Waals surface area (Å²) in [7, 11) is 5.46. The van der Waals surface area contributed by atoms with Crippen molar-refractivity contribution in [2.45, 2.75) is 6.54 Å². The largest absolute Gasteiger partial charge is 0.489 e. The Morgan fingerprint density at radius 2 is 2.00 bits per heavy atom. The van der Waals surface area contributed by atoms with Crippen LogP contribution in [0.15, 0.2) is 42.6 Å². The Bertz CT molecular complexity index is 692. The number of para-hydroxylation sites is 2. The molecule has 2 amide bonds. The third kappa shape index (κ3) is 5.96. The lowest BCUT2D eigenvalue weighted by Crippen LogP contribution is -2.28. The highest BCUT2D eigenvalue weighted by Crippen LogP contribution is 2.23. The summed E-state index contributed by atoms with van der Waals surface area (Å²) in [5.74, 6) is 1.45. The quantitative estimate of drug-likeness (QED) is 0.720. The Morgan fingerprint density at radius 3 is 2.76 bits per heavy atom. The number of anilines is 2. The Labute approximate surface area is 148 Å². The molecule has 2 rings (SSSR count). The summed E-state index contributed by atoms with van der Waals surface area (Å²) in [5, 5.41) is 5.63. The van der Waals surface area contributed by atoms with E-state index in [0.717, 1.165) is 11.4 Å². The minimum Gasteiger partial charge on any atom is -0.489 e. The van der Waals surface area contributed by atoms with Crippen molar-refractivity contribution in [2.24, 2.45) is 0 Å². The molecule has 7 heteroatoms. The van der Waals surface area contributed by atoms with Gasteiger partial charge in [0.2, 0.25) is 0 Å². The van der Waals surface area contributed by atoms with Crippen molar-refractivity contribution in [3.8, 4) is 5.75 Å². The van der Waals surface area contributed by atoms with Crippen molar-refractivity contribution >= 4 is 17.5 Å². The van der Waals surface area contributed by atoms with Crippen LogP contribution in [0.3, 0.4) is 0 Å². The van der Waals surface area contributed by atoms with Crippen molar-refractivity contribution in [3.05, 3.63) is 48.2 Å². The molecule has 2 N–H and O–H groups in total. The number of hydrogen-bond acceptors (Lipinski definition) is 5. The number of nitrogens with one attached hydrogen (secondary N) is 2. The minimum absolute atomic E-state index is 0.300. The molecule has 0 radical (unpaired) electrons. The van der Waals surface area contributed by atoms with Crippen molar-refractivity contribution in [2.75, 3.05) is 44.6 Å². The number of methoxy groups -OCH3 is 1. The molecule has 0 aliphatic heterocycles. The number of nitrogens with zero attached hydrogens (tertiary/aromatic N) is 2. The first-order valence-electron chi connectivity index (χ1n) is 7.98. The van der Waals surface area contributed by atoms with E-state index in [2.05, 4.69) is 15.6 Å². The number of urea groups is 1. The second-order valence-electron chi connectivity index (χ2n) is 5.56. The van der Waals surface area contributed by atoms with Gasteiger partial charge >= 0.3 is 6.03 Å². The summed E-state index contributed by atoms with van der Waals surface area (Å²) in [6.07, 6.45) is 1.73. The molecule has 1 aromatic carbocycles. The van der Waals surface area contributed by atoms with Gasteiger partial charge in [-0.15, -0.1) is 0 Å². The van der Waals surface area contributed by atoms with Crippen molar-refractivity contribution < 1.29 is 14.3 Å². The molecule has 0 saturated carbocycles. The molecule has 0 fully saturated rings. The highest BCUT2D eigenvalue weighted by molar-refractivity contribution is 5.90. The van der Waals surface area contributed by atoms with Crippen molar-refractivity contribution in [1.82, 2.24) is 10.3 Å². The summed E-state index contributed by atoms with van der Waals surface area (Å²) >= 11 is 0. The lowest BCUT2D eigenvalue weighted by molar-refractivity contribution is 0.146. The van der Waals surface area contributed by atoms with Crippen LogP contribution in [0.4, 0.5) is 16.3 Å². The lowest BCUT2D eigenvalue weighted by Gasteiger charge is -2.14. The molecule has 1 aromatic heterocycles. The molecule has 134 valence electrons. The van der Waals surface area contributed by atoms with Gasteiger partial charge < -0.3 is 25.0 Å². The predicted molar refractivity (Wildman–Crippen MR) is 98.2 cm³/mol. The van der Waals surface area contributed by atoms with Crippen LogP contribution in [-0.2, 0) is 11.3 Å². The molecule has 0 aliphatic rings. The van der Waals surface area contributed by atoms with Gasteiger partial charge in [-0.1, -0.05) is 12.1 Å². The van der Waals surface area contributed by atoms with Gasteiger partial charge in [-0.25, -0.2) is 9.78 Å². The average molecular weight is 344 g/mol. The third-order valence-electron chi connectivity index (χ3n) is 3.40. The fraction of sp³-hybridized carbons (Fsp3) is 0.333. The zero-order valence-electron chi connectivity index (χ0n) is 14.8. The van der Waals surface area contributed by atoms with Gasteiger partial charge in [0, 0.05) is 33.9 Å². The van der Waals surface area contributed by atoms with Crippen LogP contribution >= 0.6 is 0 Å². The molecule has 0 aliphatic carbocycles. The van der Waals surface area contributed by atoms with Crippen LogP contribution in [0.1, 0.15) is 5.56 Å². The summed E-state index contributed by atoms with van der Waals surface area (Å²) in [6, 6.07) is 10.8. The molecule has 7 nitrogen and oxygen atoms in total. The first kappa shape index (κ1) is 18.5. The topological polar surface area (TPSA) is 75.7 Å². The maximum Gasteiger partial charge on any atom is 0.319 e.